The van der Waals surface area contributed by atoms with Crippen LogP contribution in [0.15, 0.2) is 18.2 Å². The van der Waals surface area contributed by atoms with Crippen LogP contribution in [0.5, 0.6) is 5.75 Å². The average Bonchev–Trinajstić information content (AvgIpc) is 3.06. The molecule has 3 aliphatic heterocycles. The Morgan fingerprint density at radius 1 is 1.04 bits per heavy atom. The molecule has 8 heteroatoms. The van der Waals surface area contributed by atoms with Gasteiger partial charge >= 0.3 is 0 Å². The fourth-order valence-electron chi connectivity index (χ4n) is 3.79. The minimum Gasteiger partial charge on any atom is -0.489 e. The molecule has 27 heavy (non-hydrogen) atoms. The molecule has 1 unspecified atom stereocenters. The number of ether oxygens (including phenoxy) is 6. The van der Waals surface area contributed by atoms with Crippen LogP contribution in [-0.4, -0.2) is 48.9 Å². The van der Waals surface area contributed by atoms with Crippen molar-refractivity contribution in [2.24, 2.45) is 0 Å². The van der Waals surface area contributed by atoms with Gasteiger partial charge in [-0.3, -0.25) is 0 Å². The number of nitrogen functional groups attached to an aromatic ring is 1. The van der Waals surface area contributed by atoms with Crippen LogP contribution in [0.3, 0.4) is 0 Å². The van der Waals surface area contributed by atoms with E-state index in [4.69, 9.17) is 34.2 Å². The number of nitriles is 1. The Labute approximate surface area is 158 Å². The van der Waals surface area contributed by atoms with Crippen molar-refractivity contribution in [1.29, 1.82) is 5.26 Å². The van der Waals surface area contributed by atoms with Gasteiger partial charge in [0.05, 0.1) is 5.69 Å². The van der Waals surface area contributed by atoms with Crippen LogP contribution in [0.1, 0.15) is 33.3 Å². The number of benzene rings is 1. The van der Waals surface area contributed by atoms with Crippen molar-refractivity contribution in [2.75, 3.05) is 12.3 Å². The average molecular weight is 376 g/mol. The maximum Gasteiger partial charge on any atom is 0.190 e. The topological polar surface area (TPSA) is 105 Å². The van der Waals surface area contributed by atoms with E-state index in [9.17, 15) is 5.26 Å². The molecule has 0 spiro atoms. The zero-order valence-electron chi connectivity index (χ0n) is 15.8. The van der Waals surface area contributed by atoms with Crippen LogP contribution < -0.4 is 10.5 Å². The summed E-state index contributed by atoms with van der Waals surface area (Å²) in [7, 11) is 0. The minimum absolute atomic E-state index is 0.158. The summed E-state index contributed by atoms with van der Waals surface area (Å²) in [6, 6.07) is 7.16. The summed E-state index contributed by atoms with van der Waals surface area (Å²) in [5, 5.41) is 9.31. The lowest BCUT2D eigenvalue weighted by molar-refractivity contribution is -0.238. The number of hydrogen-bond acceptors (Lipinski definition) is 8. The van der Waals surface area contributed by atoms with E-state index in [0.717, 1.165) is 0 Å². The Morgan fingerprint density at radius 3 is 2.44 bits per heavy atom. The van der Waals surface area contributed by atoms with Gasteiger partial charge in [0.25, 0.3) is 0 Å². The second-order valence-corrected chi connectivity index (χ2v) is 7.85. The molecule has 3 fully saturated rings. The quantitative estimate of drug-likeness (QED) is 0.798. The highest BCUT2D eigenvalue weighted by Crippen LogP contribution is 2.44. The van der Waals surface area contributed by atoms with Crippen molar-refractivity contribution in [3.63, 3.8) is 0 Å². The lowest BCUT2D eigenvalue weighted by Crippen LogP contribution is -2.56. The summed E-state index contributed by atoms with van der Waals surface area (Å²) >= 11 is 0. The third-order valence-electron chi connectivity index (χ3n) is 4.82. The van der Waals surface area contributed by atoms with E-state index in [2.05, 4.69) is 6.07 Å². The highest BCUT2D eigenvalue weighted by molar-refractivity contribution is 5.60. The molecule has 8 nitrogen and oxygen atoms in total. The van der Waals surface area contributed by atoms with Crippen LogP contribution >= 0.6 is 0 Å². The second-order valence-electron chi connectivity index (χ2n) is 7.85. The zero-order chi connectivity index (χ0) is 19.4. The fourth-order valence-corrected chi connectivity index (χ4v) is 3.79. The lowest BCUT2D eigenvalue weighted by atomic mass is 9.99. The van der Waals surface area contributed by atoms with Crippen LogP contribution in [0, 0.1) is 11.3 Å². The highest BCUT2D eigenvalue weighted by atomic mass is 16.9. The first kappa shape index (κ1) is 18.5. The summed E-state index contributed by atoms with van der Waals surface area (Å²) in [6.45, 7) is 7.53. The van der Waals surface area contributed by atoms with E-state index in [0.29, 0.717) is 17.0 Å². The molecule has 3 aliphatic rings. The number of fused-ring (bicyclic) bond motifs is 3. The van der Waals surface area contributed by atoms with E-state index in [1.165, 1.54) is 0 Å². The van der Waals surface area contributed by atoms with E-state index < -0.39 is 24.0 Å². The second kappa shape index (κ2) is 6.33. The fraction of sp³-hybridized carbons (Fsp3) is 0.632. The predicted molar refractivity (Wildman–Crippen MR) is 93.6 cm³/mol. The normalized spacial score (nSPS) is 35.9. The van der Waals surface area contributed by atoms with Crippen LogP contribution in [0.2, 0.25) is 0 Å². The van der Waals surface area contributed by atoms with Gasteiger partial charge in [-0.2, -0.15) is 5.26 Å². The molecular formula is C19H24N2O6. The molecule has 5 atom stereocenters. The van der Waals surface area contributed by atoms with Gasteiger partial charge in [-0.1, -0.05) is 6.07 Å². The van der Waals surface area contributed by atoms with Gasteiger partial charge in [0, 0.05) is 0 Å². The standard InChI is InChI=1S/C19H24N2O6/c1-18(2)24-14-13(9-22-12-7-5-6-11(21)10(12)8-20)23-17-16(15(14)25-18)26-19(3,4)27-17/h5-7,13-17H,9,21H2,1-4H3/t13?,14-,15-,16+,17+/m0/s1. The molecule has 0 saturated carbocycles. The van der Waals surface area contributed by atoms with Gasteiger partial charge < -0.3 is 34.2 Å². The molecule has 3 saturated heterocycles. The van der Waals surface area contributed by atoms with Gasteiger partial charge in [-0.25, -0.2) is 0 Å². The van der Waals surface area contributed by atoms with Gasteiger partial charge in [-0.15, -0.1) is 0 Å². The first-order valence-corrected chi connectivity index (χ1v) is 8.97. The highest BCUT2D eigenvalue weighted by Gasteiger charge is 2.60. The number of nitrogens with two attached hydrogens (primary N) is 1. The minimum atomic E-state index is -0.770. The van der Waals surface area contributed by atoms with E-state index in [1.54, 1.807) is 18.2 Å². The van der Waals surface area contributed by atoms with Gasteiger partial charge in [0.2, 0.25) is 0 Å². The first-order chi connectivity index (χ1) is 12.7. The molecule has 0 amide bonds. The van der Waals surface area contributed by atoms with E-state index in [1.807, 2.05) is 27.7 Å². The summed E-state index contributed by atoms with van der Waals surface area (Å²) < 4.78 is 35.9. The number of anilines is 1. The molecule has 1 aromatic rings. The Morgan fingerprint density at radius 2 is 1.70 bits per heavy atom. The molecule has 3 heterocycles. The Hall–Kier alpha value is -1.89. The molecular weight excluding hydrogens is 352 g/mol. The molecule has 0 aliphatic carbocycles. The Kier molecular flexibility index (Phi) is 4.33. The lowest BCUT2D eigenvalue weighted by Gasteiger charge is -2.37. The Balaban J connectivity index is 1.54. The number of nitrogens with zero attached hydrogens (tertiary/aromatic N) is 1. The summed E-state index contributed by atoms with van der Waals surface area (Å²) in [5.41, 5.74) is 6.51. The third kappa shape index (κ3) is 3.37. The molecule has 146 valence electrons. The Bertz CT molecular complexity index is 774. The van der Waals surface area contributed by atoms with Crippen molar-refractivity contribution in [1.82, 2.24) is 0 Å². The summed E-state index contributed by atoms with van der Waals surface area (Å²) in [5.74, 6) is -1.13. The van der Waals surface area contributed by atoms with Crippen molar-refractivity contribution in [3.8, 4) is 11.8 Å². The third-order valence-corrected chi connectivity index (χ3v) is 4.82. The molecule has 0 aromatic heterocycles. The molecule has 1 aromatic carbocycles. The van der Waals surface area contributed by atoms with Gasteiger partial charge in [0.15, 0.2) is 17.9 Å². The van der Waals surface area contributed by atoms with Gasteiger partial charge in [0.1, 0.15) is 48.4 Å². The zero-order valence-corrected chi connectivity index (χ0v) is 15.8. The van der Waals surface area contributed by atoms with Crippen molar-refractivity contribution < 1.29 is 28.4 Å². The summed E-state index contributed by atoms with van der Waals surface area (Å²) in [6.07, 6.45) is -2.15. The van der Waals surface area contributed by atoms with Crippen LogP contribution in [0.25, 0.3) is 0 Å². The molecule has 4 rings (SSSR count). The summed E-state index contributed by atoms with van der Waals surface area (Å²) in [4.78, 5) is 0. The maximum absolute atomic E-state index is 9.31. The predicted octanol–water partition coefficient (Wildman–Crippen LogP) is 1.92. The largest absolute Gasteiger partial charge is 0.489 e. The smallest absolute Gasteiger partial charge is 0.190 e. The number of hydrogen-bond donors (Lipinski definition) is 1. The van der Waals surface area contributed by atoms with Crippen LogP contribution in [-0.2, 0) is 23.7 Å². The number of rotatable bonds is 3. The maximum atomic E-state index is 9.31. The van der Waals surface area contributed by atoms with Crippen molar-refractivity contribution >= 4 is 5.69 Å². The first-order valence-electron chi connectivity index (χ1n) is 8.97. The monoisotopic (exact) mass is 376 g/mol. The van der Waals surface area contributed by atoms with E-state index in [-0.39, 0.29) is 24.9 Å². The van der Waals surface area contributed by atoms with Crippen LogP contribution in [0.4, 0.5) is 5.69 Å². The SMILES string of the molecule is CC1(C)O[C@H]2OC(COc3cccc(N)c3C#N)[C@@H]3OC(C)(C)O[C@@H]3[C@H]2O1. The van der Waals surface area contributed by atoms with E-state index >= 15 is 0 Å². The van der Waals surface area contributed by atoms with Gasteiger partial charge in [-0.05, 0) is 39.8 Å². The molecule has 2 N–H and O–H groups in total. The van der Waals surface area contributed by atoms with Crippen molar-refractivity contribution in [3.05, 3.63) is 23.8 Å². The van der Waals surface area contributed by atoms with Crippen molar-refractivity contribution in [2.45, 2.75) is 70.0 Å². The molecule has 0 bridgehead atoms. The molecule has 0 radical (unpaired) electrons.